The summed E-state index contributed by atoms with van der Waals surface area (Å²) in [6, 6.07) is 7.50. The Labute approximate surface area is 140 Å². The van der Waals surface area contributed by atoms with Crippen molar-refractivity contribution in [2.75, 3.05) is 23.3 Å². The molecule has 1 fully saturated rings. The van der Waals surface area contributed by atoms with Gasteiger partial charge in [0.1, 0.15) is 6.26 Å². The van der Waals surface area contributed by atoms with Gasteiger partial charge in [0.25, 0.3) is 5.91 Å². The van der Waals surface area contributed by atoms with Crippen molar-refractivity contribution in [2.45, 2.75) is 26.2 Å². The Kier molecular flexibility index (Phi) is 4.01. The summed E-state index contributed by atoms with van der Waals surface area (Å²) in [5, 5.41) is 5.52. The number of para-hydroxylation sites is 1. The first-order chi connectivity index (χ1) is 11.4. The summed E-state index contributed by atoms with van der Waals surface area (Å²) in [5.41, 5.74) is 1.79. The van der Waals surface area contributed by atoms with Crippen LogP contribution in [0.25, 0.3) is 0 Å². The minimum Gasteiger partial charge on any atom is -0.431 e. The van der Waals surface area contributed by atoms with Crippen molar-refractivity contribution in [1.29, 1.82) is 0 Å². The quantitative estimate of drug-likeness (QED) is 0.907. The highest BCUT2D eigenvalue weighted by atomic mass is 16.4. The molecule has 1 saturated heterocycles. The molecular formula is C17H20N4O3. The van der Waals surface area contributed by atoms with Crippen LogP contribution in [0, 0.1) is 0 Å². The third-order valence-electron chi connectivity index (χ3n) is 3.80. The van der Waals surface area contributed by atoms with E-state index in [1.54, 1.807) is 0 Å². The Balaban J connectivity index is 1.79. The van der Waals surface area contributed by atoms with Crippen molar-refractivity contribution in [3.05, 3.63) is 41.8 Å². The van der Waals surface area contributed by atoms with E-state index in [-0.39, 0.29) is 29.1 Å². The van der Waals surface area contributed by atoms with Gasteiger partial charge in [0.15, 0.2) is 5.69 Å². The molecule has 3 rings (SSSR count). The minimum atomic E-state index is -0.374. The van der Waals surface area contributed by atoms with Gasteiger partial charge < -0.3 is 15.1 Å². The lowest BCUT2D eigenvalue weighted by Crippen LogP contribution is -2.28. The van der Waals surface area contributed by atoms with Gasteiger partial charge in [-0.25, -0.2) is 9.69 Å². The van der Waals surface area contributed by atoms with E-state index in [9.17, 15) is 9.59 Å². The summed E-state index contributed by atoms with van der Waals surface area (Å²) < 4.78 is 5.27. The fourth-order valence-corrected chi connectivity index (χ4v) is 2.58. The highest BCUT2D eigenvalue weighted by Crippen LogP contribution is 2.29. The van der Waals surface area contributed by atoms with Gasteiger partial charge in [-0.1, -0.05) is 39.0 Å². The SMILES string of the molecule is CC(C)(C)c1ccccc1NC(=O)c1coc(N2CCNC2=O)n1. The summed E-state index contributed by atoms with van der Waals surface area (Å²) in [5.74, 6) is -0.374. The average molecular weight is 328 g/mol. The second kappa shape index (κ2) is 5.99. The fourth-order valence-electron chi connectivity index (χ4n) is 2.58. The number of carbonyl (C=O) groups is 2. The zero-order valence-corrected chi connectivity index (χ0v) is 13.9. The lowest BCUT2D eigenvalue weighted by molar-refractivity contribution is 0.102. The van der Waals surface area contributed by atoms with E-state index < -0.39 is 0 Å². The molecule has 0 spiro atoms. The van der Waals surface area contributed by atoms with Gasteiger partial charge in [-0.15, -0.1) is 0 Å². The first-order valence-corrected chi connectivity index (χ1v) is 7.78. The van der Waals surface area contributed by atoms with Crippen LogP contribution in [0.15, 0.2) is 34.9 Å². The molecule has 0 radical (unpaired) electrons. The Morgan fingerprint density at radius 2 is 2.08 bits per heavy atom. The molecule has 126 valence electrons. The van der Waals surface area contributed by atoms with Crippen molar-refractivity contribution in [3.8, 4) is 0 Å². The van der Waals surface area contributed by atoms with E-state index in [1.807, 2.05) is 24.3 Å². The van der Waals surface area contributed by atoms with E-state index in [0.717, 1.165) is 11.3 Å². The zero-order chi connectivity index (χ0) is 17.3. The van der Waals surface area contributed by atoms with Crippen LogP contribution in [0.1, 0.15) is 36.8 Å². The molecule has 2 aromatic rings. The maximum Gasteiger partial charge on any atom is 0.325 e. The van der Waals surface area contributed by atoms with Crippen LogP contribution in [0.4, 0.5) is 16.5 Å². The van der Waals surface area contributed by atoms with E-state index in [2.05, 4.69) is 36.4 Å². The maximum absolute atomic E-state index is 12.5. The van der Waals surface area contributed by atoms with Gasteiger partial charge in [0, 0.05) is 18.8 Å². The van der Waals surface area contributed by atoms with E-state index in [4.69, 9.17) is 4.42 Å². The van der Waals surface area contributed by atoms with Crippen LogP contribution in [0.3, 0.4) is 0 Å². The molecule has 7 heteroatoms. The Morgan fingerprint density at radius 1 is 1.33 bits per heavy atom. The van der Waals surface area contributed by atoms with Crippen LogP contribution in [-0.2, 0) is 5.41 Å². The molecule has 24 heavy (non-hydrogen) atoms. The summed E-state index contributed by atoms with van der Waals surface area (Å²) in [7, 11) is 0. The van der Waals surface area contributed by atoms with Crippen molar-refractivity contribution >= 4 is 23.6 Å². The van der Waals surface area contributed by atoms with E-state index in [0.29, 0.717) is 13.1 Å². The number of hydrogen-bond acceptors (Lipinski definition) is 4. The predicted octanol–water partition coefficient (Wildman–Crippen LogP) is 2.75. The second-order valence-electron chi connectivity index (χ2n) is 6.65. The monoisotopic (exact) mass is 328 g/mol. The topological polar surface area (TPSA) is 87.5 Å². The third kappa shape index (κ3) is 3.10. The number of benzene rings is 1. The third-order valence-corrected chi connectivity index (χ3v) is 3.80. The molecular weight excluding hydrogens is 308 g/mol. The lowest BCUT2D eigenvalue weighted by Gasteiger charge is -2.22. The largest absolute Gasteiger partial charge is 0.431 e. The number of aromatic nitrogens is 1. The molecule has 1 aliphatic heterocycles. The smallest absolute Gasteiger partial charge is 0.325 e. The molecule has 7 nitrogen and oxygen atoms in total. The summed E-state index contributed by atoms with van der Waals surface area (Å²) in [6.45, 7) is 7.24. The maximum atomic E-state index is 12.5. The minimum absolute atomic E-state index is 0.105. The van der Waals surface area contributed by atoms with Crippen LogP contribution in [0.5, 0.6) is 0 Å². The first-order valence-electron chi connectivity index (χ1n) is 7.78. The van der Waals surface area contributed by atoms with Gasteiger partial charge >= 0.3 is 12.0 Å². The Bertz CT molecular complexity index is 776. The molecule has 3 amide bonds. The molecule has 0 unspecified atom stereocenters. The first kappa shape index (κ1) is 16.0. The molecule has 1 aliphatic rings. The van der Waals surface area contributed by atoms with Crippen molar-refractivity contribution in [2.24, 2.45) is 0 Å². The molecule has 0 bridgehead atoms. The molecule has 0 atom stereocenters. The van der Waals surface area contributed by atoms with Gasteiger partial charge in [-0.2, -0.15) is 4.98 Å². The number of hydrogen-bond donors (Lipinski definition) is 2. The van der Waals surface area contributed by atoms with Crippen LogP contribution < -0.4 is 15.5 Å². The molecule has 2 N–H and O–H groups in total. The van der Waals surface area contributed by atoms with Gasteiger partial charge in [-0.05, 0) is 17.0 Å². The van der Waals surface area contributed by atoms with Gasteiger partial charge in [0.05, 0.1) is 0 Å². The number of anilines is 2. The van der Waals surface area contributed by atoms with Crippen LogP contribution >= 0.6 is 0 Å². The summed E-state index contributed by atoms with van der Waals surface area (Å²) >= 11 is 0. The molecule has 1 aromatic carbocycles. The Hall–Kier alpha value is -2.83. The van der Waals surface area contributed by atoms with Crippen LogP contribution in [-0.4, -0.2) is 30.0 Å². The zero-order valence-electron chi connectivity index (χ0n) is 13.9. The average Bonchev–Trinajstić information content (AvgIpc) is 3.15. The van der Waals surface area contributed by atoms with Gasteiger partial charge in [0.2, 0.25) is 0 Å². The van der Waals surface area contributed by atoms with Gasteiger partial charge in [-0.3, -0.25) is 4.79 Å². The van der Waals surface area contributed by atoms with E-state index in [1.165, 1.54) is 11.2 Å². The highest BCUT2D eigenvalue weighted by molar-refractivity contribution is 6.03. The fraction of sp³-hybridized carbons (Fsp3) is 0.353. The Morgan fingerprint density at radius 3 is 2.75 bits per heavy atom. The molecule has 1 aromatic heterocycles. The number of carbonyl (C=O) groups excluding carboxylic acids is 2. The number of amides is 3. The van der Waals surface area contributed by atoms with Crippen LogP contribution in [0.2, 0.25) is 0 Å². The number of urea groups is 1. The number of nitrogens with zero attached hydrogens (tertiary/aromatic N) is 2. The summed E-state index contributed by atoms with van der Waals surface area (Å²) in [4.78, 5) is 29.5. The lowest BCUT2D eigenvalue weighted by atomic mass is 9.86. The summed E-state index contributed by atoms with van der Waals surface area (Å²) in [6.07, 6.45) is 1.26. The predicted molar refractivity (Wildman–Crippen MR) is 90.3 cm³/mol. The standard InChI is InChI=1S/C17H20N4O3/c1-17(2,3)11-6-4-5-7-12(11)19-14(22)13-10-24-16(20-13)21-9-8-18-15(21)23/h4-7,10H,8-9H2,1-3H3,(H,18,23)(H,19,22). The second-order valence-corrected chi connectivity index (χ2v) is 6.65. The highest BCUT2D eigenvalue weighted by Gasteiger charge is 2.27. The van der Waals surface area contributed by atoms with Crippen molar-refractivity contribution < 1.29 is 14.0 Å². The molecule has 0 aliphatic carbocycles. The van der Waals surface area contributed by atoms with Crippen molar-refractivity contribution in [1.82, 2.24) is 10.3 Å². The molecule has 0 saturated carbocycles. The number of oxazole rings is 1. The number of nitrogens with one attached hydrogen (secondary N) is 2. The van der Waals surface area contributed by atoms with Crippen molar-refractivity contribution in [3.63, 3.8) is 0 Å². The normalized spacial score (nSPS) is 14.6. The van der Waals surface area contributed by atoms with E-state index >= 15 is 0 Å². The molecule has 2 heterocycles. The number of rotatable bonds is 3.